The van der Waals surface area contributed by atoms with E-state index in [2.05, 4.69) is 34.1 Å². The Morgan fingerprint density at radius 2 is 1.86 bits per heavy atom. The Hall–Kier alpha value is -2.73. The number of methoxy groups -OCH3 is 2. The summed E-state index contributed by atoms with van der Waals surface area (Å²) in [6.45, 7) is 1.35. The average molecular weight is 399 g/mol. The van der Waals surface area contributed by atoms with Crippen LogP contribution in [0.4, 0.5) is 5.69 Å². The first-order valence-corrected chi connectivity index (χ1v) is 9.91. The molecular weight excluding hydrogens is 368 g/mol. The molecule has 0 amide bonds. The van der Waals surface area contributed by atoms with Crippen molar-refractivity contribution in [2.24, 2.45) is 5.92 Å². The third kappa shape index (κ3) is 4.48. The molecule has 1 N–H and O–H groups in total. The number of likely N-dealkylation sites (tertiary alicyclic amines) is 1. The van der Waals surface area contributed by atoms with Gasteiger partial charge in [-0.3, -0.25) is 9.69 Å². The summed E-state index contributed by atoms with van der Waals surface area (Å²) in [7, 11) is 7.30. The number of aliphatic carboxylic acids is 1. The number of rotatable bonds is 7. The second-order valence-electron chi connectivity index (χ2n) is 7.64. The maximum Gasteiger partial charge on any atom is 0.307 e. The number of carboxylic acid groups (broad SMARTS) is 1. The lowest BCUT2D eigenvalue weighted by atomic mass is 9.90. The molecule has 0 aromatic heterocycles. The van der Waals surface area contributed by atoms with E-state index in [1.165, 1.54) is 0 Å². The predicted octanol–water partition coefficient (Wildman–Crippen LogP) is 3.66. The van der Waals surface area contributed by atoms with Crippen molar-refractivity contribution in [1.29, 1.82) is 0 Å². The van der Waals surface area contributed by atoms with Gasteiger partial charge in [-0.15, -0.1) is 0 Å². The summed E-state index contributed by atoms with van der Waals surface area (Å²) in [5.41, 5.74) is 3.20. The van der Waals surface area contributed by atoms with E-state index in [9.17, 15) is 9.90 Å². The van der Waals surface area contributed by atoms with Gasteiger partial charge in [0.2, 0.25) is 0 Å². The summed E-state index contributed by atoms with van der Waals surface area (Å²) in [6, 6.07) is 14.2. The van der Waals surface area contributed by atoms with Crippen LogP contribution in [0, 0.1) is 5.92 Å². The Balaban J connectivity index is 2.08. The predicted molar refractivity (Wildman–Crippen MR) is 114 cm³/mol. The fraction of sp³-hybridized carbons (Fsp3) is 0.435. The van der Waals surface area contributed by atoms with Gasteiger partial charge in [0, 0.05) is 31.9 Å². The van der Waals surface area contributed by atoms with Crippen molar-refractivity contribution >= 4 is 11.7 Å². The maximum atomic E-state index is 11.7. The summed E-state index contributed by atoms with van der Waals surface area (Å²) in [4.78, 5) is 16.0. The highest BCUT2D eigenvalue weighted by atomic mass is 16.5. The summed E-state index contributed by atoms with van der Waals surface area (Å²) in [6.07, 6.45) is 1.57. The van der Waals surface area contributed by atoms with Crippen molar-refractivity contribution in [2.75, 3.05) is 46.3 Å². The van der Waals surface area contributed by atoms with Crippen LogP contribution in [0.15, 0.2) is 42.5 Å². The van der Waals surface area contributed by atoms with Crippen molar-refractivity contribution in [3.05, 3.63) is 53.6 Å². The molecule has 156 valence electrons. The number of benzene rings is 2. The van der Waals surface area contributed by atoms with Gasteiger partial charge in [0.25, 0.3) is 0 Å². The van der Waals surface area contributed by atoms with E-state index in [-0.39, 0.29) is 12.0 Å². The van der Waals surface area contributed by atoms with Gasteiger partial charge in [-0.05, 0) is 43.1 Å². The van der Waals surface area contributed by atoms with Crippen molar-refractivity contribution in [3.63, 3.8) is 0 Å². The molecule has 3 rings (SSSR count). The SMILES string of the molecule is COc1cccc(C(c2ccc(N(C)C)cc2)N2CCCC(C(=O)O)C2)c1OC. The lowest BCUT2D eigenvalue weighted by Gasteiger charge is -2.38. The molecular formula is C23H30N2O4. The molecule has 1 saturated heterocycles. The van der Waals surface area contributed by atoms with Crippen LogP contribution in [-0.4, -0.2) is 57.4 Å². The third-order valence-electron chi connectivity index (χ3n) is 5.62. The largest absolute Gasteiger partial charge is 0.493 e. The van der Waals surface area contributed by atoms with Crippen LogP contribution in [0.25, 0.3) is 0 Å². The number of anilines is 1. The van der Waals surface area contributed by atoms with Gasteiger partial charge in [-0.2, -0.15) is 0 Å². The van der Waals surface area contributed by atoms with E-state index in [0.29, 0.717) is 24.5 Å². The smallest absolute Gasteiger partial charge is 0.307 e. The van der Waals surface area contributed by atoms with Gasteiger partial charge < -0.3 is 19.5 Å². The first kappa shape index (κ1) is 21.0. The molecule has 1 aliphatic rings. The van der Waals surface area contributed by atoms with Crippen LogP contribution in [0.1, 0.15) is 30.0 Å². The quantitative estimate of drug-likeness (QED) is 0.768. The summed E-state index contributed by atoms with van der Waals surface area (Å²) >= 11 is 0. The number of piperidine rings is 1. The van der Waals surface area contributed by atoms with Gasteiger partial charge in [-0.25, -0.2) is 0 Å². The lowest BCUT2D eigenvalue weighted by molar-refractivity contribution is -0.143. The molecule has 2 aromatic carbocycles. The molecule has 0 spiro atoms. The first-order chi connectivity index (χ1) is 14.0. The molecule has 0 aliphatic carbocycles. The molecule has 0 saturated carbocycles. The molecule has 2 unspecified atom stereocenters. The van der Waals surface area contributed by atoms with E-state index < -0.39 is 5.97 Å². The number of para-hydroxylation sites is 1. The minimum atomic E-state index is -0.728. The van der Waals surface area contributed by atoms with Crippen LogP contribution < -0.4 is 14.4 Å². The number of hydrogen-bond donors (Lipinski definition) is 1. The summed E-state index contributed by atoms with van der Waals surface area (Å²) in [5.74, 6) is 0.277. The molecule has 0 bridgehead atoms. The fourth-order valence-electron chi connectivity index (χ4n) is 4.11. The highest BCUT2D eigenvalue weighted by molar-refractivity contribution is 5.70. The van der Waals surface area contributed by atoms with E-state index in [1.807, 2.05) is 32.3 Å². The lowest BCUT2D eigenvalue weighted by Crippen LogP contribution is -2.41. The first-order valence-electron chi connectivity index (χ1n) is 9.91. The molecule has 2 aromatic rings. The second-order valence-corrected chi connectivity index (χ2v) is 7.64. The number of ether oxygens (including phenoxy) is 2. The van der Waals surface area contributed by atoms with Gasteiger partial charge in [0.15, 0.2) is 11.5 Å². The van der Waals surface area contributed by atoms with Crippen LogP contribution in [-0.2, 0) is 4.79 Å². The van der Waals surface area contributed by atoms with Crippen molar-refractivity contribution in [3.8, 4) is 11.5 Å². The van der Waals surface area contributed by atoms with Gasteiger partial charge in [0.1, 0.15) is 0 Å². The minimum Gasteiger partial charge on any atom is -0.493 e. The third-order valence-corrected chi connectivity index (χ3v) is 5.62. The maximum absolute atomic E-state index is 11.7. The number of nitrogens with zero attached hydrogens (tertiary/aromatic N) is 2. The highest BCUT2D eigenvalue weighted by Gasteiger charge is 2.33. The summed E-state index contributed by atoms with van der Waals surface area (Å²) in [5, 5.41) is 9.58. The van der Waals surface area contributed by atoms with Crippen LogP contribution in [0.2, 0.25) is 0 Å². The topological polar surface area (TPSA) is 62.2 Å². The monoisotopic (exact) mass is 398 g/mol. The van der Waals surface area contributed by atoms with Crippen molar-refractivity contribution in [2.45, 2.75) is 18.9 Å². The fourth-order valence-corrected chi connectivity index (χ4v) is 4.11. The molecule has 29 heavy (non-hydrogen) atoms. The second kappa shape index (κ2) is 9.18. The van der Waals surface area contributed by atoms with Gasteiger partial charge in [-0.1, -0.05) is 24.3 Å². The Morgan fingerprint density at radius 1 is 1.14 bits per heavy atom. The Labute approximate surface area is 172 Å². The molecule has 1 fully saturated rings. The van der Waals surface area contributed by atoms with Crippen molar-refractivity contribution < 1.29 is 19.4 Å². The van der Waals surface area contributed by atoms with E-state index >= 15 is 0 Å². The average Bonchev–Trinajstić information content (AvgIpc) is 2.74. The molecule has 6 heteroatoms. The van der Waals surface area contributed by atoms with Crippen molar-refractivity contribution in [1.82, 2.24) is 4.90 Å². The van der Waals surface area contributed by atoms with Gasteiger partial charge in [0.05, 0.1) is 26.2 Å². The number of hydrogen-bond acceptors (Lipinski definition) is 5. The van der Waals surface area contributed by atoms with E-state index in [0.717, 1.165) is 29.8 Å². The Kier molecular flexibility index (Phi) is 6.64. The summed E-state index contributed by atoms with van der Waals surface area (Å²) < 4.78 is 11.2. The van der Waals surface area contributed by atoms with Gasteiger partial charge >= 0.3 is 5.97 Å². The molecule has 1 heterocycles. The Bertz CT molecular complexity index is 835. The number of carboxylic acids is 1. The van der Waals surface area contributed by atoms with E-state index in [1.54, 1.807) is 14.2 Å². The van der Waals surface area contributed by atoms with E-state index in [4.69, 9.17) is 9.47 Å². The molecule has 0 radical (unpaired) electrons. The number of carbonyl (C=O) groups is 1. The Morgan fingerprint density at radius 3 is 2.45 bits per heavy atom. The zero-order chi connectivity index (χ0) is 21.0. The molecule has 1 aliphatic heterocycles. The normalized spacial score (nSPS) is 18.1. The molecule has 6 nitrogen and oxygen atoms in total. The molecule has 2 atom stereocenters. The zero-order valence-electron chi connectivity index (χ0n) is 17.6. The highest BCUT2D eigenvalue weighted by Crippen LogP contribution is 2.41. The van der Waals surface area contributed by atoms with Crippen LogP contribution >= 0.6 is 0 Å². The minimum absolute atomic E-state index is 0.113. The van der Waals surface area contributed by atoms with Crippen LogP contribution in [0.5, 0.6) is 11.5 Å². The zero-order valence-corrected chi connectivity index (χ0v) is 17.6. The van der Waals surface area contributed by atoms with Crippen LogP contribution in [0.3, 0.4) is 0 Å². The standard InChI is InChI=1S/C23H30N2O4/c1-24(2)18-12-10-16(11-13-18)21(25-14-6-7-17(15-25)23(26)27)19-8-5-9-20(28-3)22(19)29-4/h5,8-13,17,21H,6-7,14-15H2,1-4H3,(H,26,27).